The predicted octanol–water partition coefficient (Wildman–Crippen LogP) is 3.94. The van der Waals surface area contributed by atoms with Crippen LogP contribution in [0.4, 0.5) is 0 Å². The van der Waals surface area contributed by atoms with Gasteiger partial charge in [0.1, 0.15) is 0 Å². The number of fused-ring (bicyclic) bond motifs is 1. The van der Waals surface area contributed by atoms with Crippen molar-refractivity contribution in [3.63, 3.8) is 0 Å². The third-order valence-electron chi connectivity index (χ3n) is 4.92. The van der Waals surface area contributed by atoms with Crippen LogP contribution in [0, 0.1) is 0 Å². The summed E-state index contributed by atoms with van der Waals surface area (Å²) >= 11 is 0. The van der Waals surface area contributed by atoms with Gasteiger partial charge >= 0.3 is 0 Å². The van der Waals surface area contributed by atoms with Crippen LogP contribution in [0.25, 0.3) is 44.5 Å². The lowest BCUT2D eigenvalue weighted by molar-refractivity contribution is 0.994. The molecule has 0 aliphatic heterocycles. The molecule has 0 saturated heterocycles. The molecule has 6 nitrogen and oxygen atoms in total. The highest BCUT2D eigenvalue weighted by Crippen LogP contribution is 2.37. The molecule has 3 N–H and O–H groups in total. The Bertz CT molecular complexity index is 1430. The lowest BCUT2D eigenvalue weighted by Gasteiger charge is -2.07. The maximum atomic E-state index is 12.7. The minimum Gasteiger partial charge on any atom is -0.354 e. The molecule has 0 saturated carbocycles. The summed E-state index contributed by atoms with van der Waals surface area (Å²) in [4.78, 5) is 30.1. The summed E-state index contributed by atoms with van der Waals surface area (Å²) < 4.78 is 0. The lowest BCUT2D eigenvalue weighted by Crippen LogP contribution is -2.12. The van der Waals surface area contributed by atoms with Gasteiger partial charge in [0.15, 0.2) is 0 Å². The van der Waals surface area contributed by atoms with Gasteiger partial charge in [-0.2, -0.15) is 5.10 Å². The molecule has 0 bridgehead atoms. The number of nitrogens with zero attached hydrogens (tertiary/aromatic N) is 1. The Morgan fingerprint density at radius 2 is 1.59 bits per heavy atom. The molecule has 6 heteroatoms. The van der Waals surface area contributed by atoms with Crippen molar-refractivity contribution in [3.8, 4) is 33.6 Å². The molecule has 0 radical (unpaired) electrons. The van der Waals surface area contributed by atoms with Crippen LogP contribution < -0.4 is 11.1 Å². The Hall–Kier alpha value is -4.19. The van der Waals surface area contributed by atoms with Gasteiger partial charge in [0, 0.05) is 34.3 Å². The number of para-hydroxylation sites is 1. The quantitative estimate of drug-likeness (QED) is 0.442. The molecular formula is C23H16N4O2. The first-order valence-corrected chi connectivity index (χ1v) is 9.16. The van der Waals surface area contributed by atoms with Gasteiger partial charge < -0.3 is 9.97 Å². The van der Waals surface area contributed by atoms with E-state index in [4.69, 9.17) is 0 Å². The zero-order valence-electron chi connectivity index (χ0n) is 15.3. The third-order valence-corrected chi connectivity index (χ3v) is 4.92. The largest absolute Gasteiger partial charge is 0.354 e. The zero-order valence-corrected chi connectivity index (χ0v) is 15.3. The van der Waals surface area contributed by atoms with E-state index < -0.39 is 0 Å². The second-order valence-electron chi connectivity index (χ2n) is 6.72. The number of aromatic nitrogens is 4. The molecule has 0 aliphatic carbocycles. The van der Waals surface area contributed by atoms with Crippen LogP contribution in [0.5, 0.6) is 0 Å². The second-order valence-corrected chi connectivity index (χ2v) is 6.72. The van der Waals surface area contributed by atoms with Crippen LogP contribution in [0.2, 0.25) is 0 Å². The van der Waals surface area contributed by atoms with Crippen molar-refractivity contribution in [3.05, 3.63) is 99.7 Å². The summed E-state index contributed by atoms with van der Waals surface area (Å²) in [6.07, 6.45) is 1.58. The minimum atomic E-state index is -0.290. The highest BCUT2D eigenvalue weighted by molar-refractivity contribution is 6.03. The normalized spacial score (nSPS) is 11.0. The average Bonchev–Trinajstić information content (AvgIpc) is 3.15. The van der Waals surface area contributed by atoms with Gasteiger partial charge in [-0.25, -0.2) is 5.10 Å². The first-order valence-electron chi connectivity index (χ1n) is 9.16. The van der Waals surface area contributed by atoms with Gasteiger partial charge in [-0.3, -0.25) is 9.59 Å². The van der Waals surface area contributed by atoms with Crippen LogP contribution in [-0.4, -0.2) is 20.2 Å². The highest BCUT2D eigenvalue weighted by Gasteiger charge is 2.18. The van der Waals surface area contributed by atoms with Gasteiger partial charge in [0.05, 0.1) is 17.0 Å². The Morgan fingerprint density at radius 1 is 0.793 bits per heavy atom. The summed E-state index contributed by atoms with van der Waals surface area (Å²) in [6.45, 7) is 0. The number of benzene rings is 2. The predicted molar refractivity (Wildman–Crippen MR) is 114 cm³/mol. The fourth-order valence-corrected chi connectivity index (χ4v) is 3.56. The van der Waals surface area contributed by atoms with E-state index in [0.29, 0.717) is 16.8 Å². The summed E-state index contributed by atoms with van der Waals surface area (Å²) in [7, 11) is 0. The molecular weight excluding hydrogens is 364 g/mol. The van der Waals surface area contributed by atoms with E-state index in [9.17, 15) is 9.59 Å². The SMILES string of the molecule is O=c1ccc(-c2cc(-c3[nH]c4ccccc4c3-c3ccccc3)c(=O)[nH]n2)c[nH]1. The second kappa shape index (κ2) is 6.76. The lowest BCUT2D eigenvalue weighted by atomic mass is 9.98. The number of nitrogens with one attached hydrogen (secondary N) is 3. The fraction of sp³-hybridized carbons (Fsp3) is 0. The van der Waals surface area contributed by atoms with E-state index in [-0.39, 0.29) is 11.1 Å². The Balaban J connectivity index is 1.78. The molecule has 0 spiro atoms. The van der Waals surface area contributed by atoms with Gasteiger partial charge in [0.2, 0.25) is 5.56 Å². The van der Waals surface area contributed by atoms with Gasteiger partial charge in [-0.15, -0.1) is 0 Å². The zero-order chi connectivity index (χ0) is 19.8. The third kappa shape index (κ3) is 2.96. The Kier molecular flexibility index (Phi) is 3.95. The number of hydrogen-bond acceptors (Lipinski definition) is 3. The van der Waals surface area contributed by atoms with Gasteiger partial charge in [0.25, 0.3) is 5.56 Å². The smallest absolute Gasteiger partial charge is 0.273 e. The standard InChI is InChI=1S/C23H16N4O2/c28-20-11-10-15(13-24-20)19-12-17(23(29)27-26-19)22-21(14-6-2-1-3-7-14)16-8-4-5-9-18(16)25-22/h1-13,25H,(H,24,28)(H,27,29). The van der Waals surface area contributed by atoms with Crippen molar-refractivity contribution in [2.75, 3.05) is 0 Å². The van der Waals surface area contributed by atoms with Gasteiger partial charge in [-0.1, -0.05) is 48.5 Å². The van der Waals surface area contributed by atoms with Crippen molar-refractivity contribution >= 4 is 10.9 Å². The summed E-state index contributed by atoms with van der Waals surface area (Å²) in [5.74, 6) is 0. The molecule has 140 valence electrons. The van der Waals surface area contributed by atoms with Crippen LogP contribution in [0.15, 0.2) is 88.6 Å². The monoisotopic (exact) mass is 380 g/mol. The fourth-order valence-electron chi connectivity index (χ4n) is 3.56. The molecule has 0 aliphatic rings. The van der Waals surface area contributed by atoms with Crippen molar-refractivity contribution < 1.29 is 0 Å². The number of H-pyrrole nitrogens is 3. The molecule has 2 aromatic carbocycles. The Morgan fingerprint density at radius 3 is 2.38 bits per heavy atom. The van der Waals surface area contributed by atoms with Crippen LogP contribution in [-0.2, 0) is 0 Å². The maximum Gasteiger partial charge on any atom is 0.273 e. The topological polar surface area (TPSA) is 94.4 Å². The van der Waals surface area contributed by atoms with Crippen LogP contribution in [0.1, 0.15) is 0 Å². The molecule has 29 heavy (non-hydrogen) atoms. The number of pyridine rings is 1. The summed E-state index contributed by atoms with van der Waals surface area (Å²) in [5.41, 5.74) is 4.92. The van der Waals surface area contributed by atoms with E-state index in [0.717, 1.165) is 27.7 Å². The van der Waals surface area contributed by atoms with E-state index in [2.05, 4.69) is 20.2 Å². The maximum absolute atomic E-state index is 12.7. The van der Waals surface area contributed by atoms with Crippen LogP contribution in [0.3, 0.4) is 0 Å². The number of aromatic amines is 3. The summed E-state index contributed by atoms with van der Waals surface area (Å²) in [6, 6.07) is 22.8. The molecule has 5 aromatic rings. The van der Waals surface area contributed by atoms with Crippen molar-refractivity contribution in [2.45, 2.75) is 0 Å². The first-order chi connectivity index (χ1) is 14.2. The molecule has 3 heterocycles. The molecule has 3 aromatic heterocycles. The van der Waals surface area contributed by atoms with Crippen LogP contribution >= 0.6 is 0 Å². The molecule has 0 fully saturated rings. The van der Waals surface area contributed by atoms with E-state index in [1.807, 2.05) is 54.6 Å². The van der Waals surface area contributed by atoms with Crippen molar-refractivity contribution in [1.82, 2.24) is 20.2 Å². The Labute approximate surface area is 164 Å². The number of hydrogen-bond donors (Lipinski definition) is 3. The molecule has 0 atom stereocenters. The summed E-state index contributed by atoms with van der Waals surface area (Å²) in [5, 5.41) is 7.77. The van der Waals surface area contributed by atoms with Gasteiger partial charge in [-0.05, 0) is 23.8 Å². The first kappa shape index (κ1) is 16.9. The highest BCUT2D eigenvalue weighted by atomic mass is 16.1. The number of rotatable bonds is 3. The van der Waals surface area contributed by atoms with Crippen molar-refractivity contribution in [2.24, 2.45) is 0 Å². The molecule has 0 unspecified atom stereocenters. The average molecular weight is 380 g/mol. The van der Waals surface area contributed by atoms with E-state index in [1.165, 1.54) is 6.07 Å². The van der Waals surface area contributed by atoms with E-state index >= 15 is 0 Å². The van der Waals surface area contributed by atoms with Crippen molar-refractivity contribution in [1.29, 1.82) is 0 Å². The molecule has 5 rings (SSSR count). The van der Waals surface area contributed by atoms with E-state index in [1.54, 1.807) is 18.3 Å². The molecule has 0 amide bonds. The minimum absolute atomic E-state index is 0.194.